The van der Waals surface area contributed by atoms with Crippen LogP contribution in [0.2, 0.25) is 5.02 Å². The summed E-state index contributed by atoms with van der Waals surface area (Å²) >= 11 is 6.11. The first-order chi connectivity index (χ1) is 12.2. The van der Waals surface area contributed by atoms with E-state index in [4.69, 9.17) is 16.3 Å². The molecule has 2 aromatic rings. The fourth-order valence-corrected chi connectivity index (χ4v) is 3.71. The van der Waals surface area contributed by atoms with E-state index in [9.17, 15) is 4.79 Å². The van der Waals surface area contributed by atoms with Crippen molar-refractivity contribution in [2.24, 2.45) is 0 Å². The standard InChI is InChI=1S/C20H21ClN2O2/c21-15-6-8-19(25-17-3-1-2-4-17)18(10-15)20(24)23-16-7-5-13-11-22-12-14(13)9-16/h5-10,17,22H,1-4,11-12H2,(H,23,24). The number of ether oxygens (including phenoxy) is 1. The quantitative estimate of drug-likeness (QED) is 0.847. The van der Waals surface area contributed by atoms with Crippen molar-refractivity contribution < 1.29 is 9.53 Å². The van der Waals surface area contributed by atoms with Crippen LogP contribution in [0.4, 0.5) is 5.69 Å². The summed E-state index contributed by atoms with van der Waals surface area (Å²) in [6.45, 7) is 1.73. The number of nitrogens with one attached hydrogen (secondary N) is 2. The average Bonchev–Trinajstić information content (AvgIpc) is 3.27. The molecule has 1 saturated carbocycles. The second kappa shape index (κ2) is 7.06. The first-order valence-electron chi connectivity index (χ1n) is 8.79. The van der Waals surface area contributed by atoms with E-state index in [2.05, 4.69) is 16.7 Å². The lowest BCUT2D eigenvalue weighted by molar-refractivity contribution is 0.101. The summed E-state index contributed by atoms with van der Waals surface area (Å²) < 4.78 is 6.06. The lowest BCUT2D eigenvalue weighted by Gasteiger charge is -2.17. The number of hydrogen-bond acceptors (Lipinski definition) is 3. The maximum absolute atomic E-state index is 12.8. The number of amides is 1. The van der Waals surface area contributed by atoms with Crippen LogP contribution < -0.4 is 15.4 Å². The van der Waals surface area contributed by atoms with Crippen LogP contribution in [0.3, 0.4) is 0 Å². The molecular formula is C20H21ClN2O2. The van der Waals surface area contributed by atoms with E-state index >= 15 is 0 Å². The minimum Gasteiger partial charge on any atom is -0.490 e. The summed E-state index contributed by atoms with van der Waals surface area (Å²) in [5.74, 6) is 0.415. The zero-order valence-electron chi connectivity index (χ0n) is 14.0. The first kappa shape index (κ1) is 16.4. The molecule has 0 saturated heterocycles. The minimum atomic E-state index is -0.193. The van der Waals surface area contributed by atoms with Gasteiger partial charge >= 0.3 is 0 Å². The third-order valence-corrected chi connectivity index (χ3v) is 5.11. The number of halogens is 1. The van der Waals surface area contributed by atoms with Gasteiger partial charge in [0.1, 0.15) is 5.75 Å². The molecule has 0 atom stereocenters. The molecule has 1 heterocycles. The lowest BCUT2D eigenvalue weighted by atomic mass is 10.1. The molecule has 25 heavy (non-hydrogen) atoms. The summed E-state index contributed by atoms with van der Waals surface area (Å²) in [7, 11) is 0. The second-order valence-electron chi connectivity index (χ2n) is 6.71. The van der Waals surface area contributed by atoms with E-state index in [0.717, 1.165) is 31.6 Å². The Morgan fingerprint density at radius 2 is 1.88 bits per heavy atom. The van der Waals surface area contributed by atoms with Crippen LogP contribution in [0.15, 0.2) is 36.4 Å². The summed E-state index contributed by atoms with van der Waals surface area (Å²) in [5, 5.41) is 6.81. The Bertz CT molecular complexity index is 800. The summed E-state index contributed by atoms with van der Waals surface area (Å²) in [6, 6.07) is 11.3. The van der Waals surface area contributed by atoms with E-state index in [1.165, 1.54) is 24.0 Å². The summed E-state index contributed by atoms with van der Waals surface area (Å²) in [6.07, 6.45) is 4.65. The Morgan fingerprint density at radius 3 is 2.72 bits per heavy atom. The maximum Gasteiger partial charge on any atom is 0.259 e. The van der Waals surface area contributed by atoms with Gasteiger partial charge < -0.3 is 15.4 Å². The molecule has 5 heteroatoms. The molecule has 4 rings (SSSR count). The third kappa shape index (κ3) is 3.65. The fraction of sp³-hybridized carbons (Fsp3) is 0.350. The van der Waals surface area contributed by atoms with Gasteiger partial charge in [-0.15, -0.1) is 0 Å². The number of anilines is 1. The van der Waals surface area contributed by atoms with Crippen molar-refractivity contribution in [1.82, 2.24) is 5.32 Å². The highest BCUT2D eigenvalue weighted by Crippen LogP contribution is 2.29. The molecule has 1 aliphatic heterocycles. The highest BCUT2D eigenvalue weighted by Gasteiger charge is 2.21. The number of hydrogen-bond donors (Lipinski definition) is 2. The highest BCUT2D eigenvalue weighted by atomic mass is 35.5. The van der Waals surface area contributed by atoms with E-state index in [1.54, 1.807) is 18.2 Å². The fourth-order valence-electron chi connectivity index (χ4n) is 3.54. The molecule has 2 N–H and O–H groups in total. The van der Waals surface area contributed by atoms with Crippen LogP contribution >= 0.6 is 11.6 Å². The molecule has 4 nitrogen and oxygen atoms in total. The molecule has 2 aliphatic rings. The lowest BCUT2D eigenvalue weighted by Crippen LogP contribution is -2.17. The second-order valence-corrected chi connectivity index (χ2v) is 7.14. The Morgan fingerprint density at radius 1 is 1.08 bits per heavy atom. The minimum absolute atomic E-state index is 0.193. The molecule has 0 radical (unpaired) electrons. The largest absolute Gasteiger partial charge is 0.490 e. The molecule has 1 amide bonds. The van der Waals surface area contributed by atoms with Crippen LogP contribution in [-0.2, 0) is 13.1 Å². The maximum atomic E-state index is 12.8. The van der Waals surface area contributed by atoms with E-state index in [-0.39, 0.29) is 12.0 Å². The van der Waals surface area contributed by atoms with Gasteiger partial charge in [-0.05, 0) is 67.1 Å². The number of benzene rings is 2. The number of carbonyl (C=O) groups excluding carboxylic acids is 1. The molecule has 0 spiro atoms. The SMILES string of the molecule is O=C(Nc1ccc2c(c1)CNC2)c1cc(Cl)ccc1OC1CCCC1. The molecule has 0 bridgehead atoms. The predicted molar refractivity (Wildman–Crippen MR) is 99.3 cm³/mol. The zero-order chi connectivity index (χ0) is 17.2. The van der Waals surface area contributed by atoms with E-state index in [1.807, 2.05) is 12.1 Å². The Labute approximate surface area is 152 Å². The third-order valence-electron chi connectivity index (χ3n) is 4.88. The van der Waals surface area contributed by atoms with Crippen molar-refractivity contribution in [2.45, 2.75) is 44.9 Å². The molecule has 130 valence electrons. The molecule has 0 aromatic heterocycles. The van der Waals surface area contributed by atoms with Crippen LogP contribution in [-0.4, -0.2) is 12.0 Å². The van der Waals surface area contributed by atoms with Crippen molar-refractivity contribution >= 4 is 23.2 Å². The number of rotatable bonds is 4. The van der Waals surface area contributed by atoms with Crippen LogP contribution in [0, 0.1) is 0 Å². The Hall–Kier alpha value is -2.04. The average molecular weight is 357 g/mol. The van der Waals surface area contributed by atoms with Gasteiger partial charge in [0, 0.05) is 23.8 Å². The highest BCUT2D eigenvalue weighted by molar-refractivity contribution is 6.31. The summed E-state index contributed by atoms with van der Waals surface area (Å²) in [5.41, 5.74) is 3.79. The van der Waals surface area contributed by atoms with Crippen LogP contribution in [0.1, 0.15) is 47.2 Å². The van der Waals surface area contributed by atoms with Crippen LogP contribution in [0.5, 0.6) is 5.75 Å². The summed E-state index contributed by atoms with van der Waals surface area (Å²) in [4.78, 5) is 12.8. The van der Waals surface area contributed by atoms with Gasteiger partial charge in [0.25, 0.3) is 5.91 Å². The molecule has 0 unspecified atom stereocenters. The molecule has 1 aliphatic carbocycles. The van der Waals surface area contributed by atoms with Gasteiger partial charge in [-0.1, -0.05) is 17.7 Å². The Balaban J connectivity index is 1.55. The topological polar surface area (TPSA) is 50.4 Å². The van der Waals surface area contributed by atoms with E-state index in [0.29, 0.717) is 16.3 Å². The van der Waals surface area contributed by atoms with Crippen molar-refractivity contribution in [2.75, 3.05) is 5.32 Å². The van der Waals surface area contributed by atoms with Gasteiger partial charge in [-0.3, -0.25) is 4.79 Å². The zero-order valence-corrected chi connectivity index (χ0v) is 14.7. The van der Waals surface area contributed by atoms with Crippen molar-refractivity contribution in [3.05, 3.63) is 58.1 Å². The smallest absolute Gasteiger partial charge is 0.259 e. The number of fused-ring (bicyclic) bond motifs is 1. The molecular weight excluding hydrogens is 336 g/mol. The van der Waals surface area contributed by atoms with Crippen LogP contribution in [0.25, 0.3) is 0 Å². The molecule has 2 aromatic carbocycles. The Kier molecular flexibility index (Phi) is 4.64. The van der Waals surface area contributed by atoms with E-state index < -0.39 is 0 Å². The van der Waals surface area contributed by atoms with Crippen molar-refractivity contribution in [1.29, 1.82) is 0 Å². The monoisotopic (exact) mass is 356 g/mol. The van der Waals surface area contributed by atoms with Crippen molar-refractivity contribution in [3.8, 4) is 5.75 Å². The van der Waals surface area contributed by atoms with Gasteiger partial charge in [0.2, 0.25) is 0 Å². The molecule has 1 fully saturated rings. The van der Waals surface area contributed by atoms with Gasteiger partial charge in [-0.2, -0.15) is 0 Å². The first-order valence-corrected chi connectivity index (χ1v) is 9.17. The van der Waals surface area contributed by atoms with Gasteiger partial charge in [0.15, 0.2) is 0 Å². The number of carbonyl (C=O) groups is 1. The van der Waals surface area contributed by atoms with Gasteiger partial charge in [0.05, 0.1) is 11.7 Å². The van der Waals surface area contributed by atoms with Crippen molar-refractivity contribution in [3.63, 3.8) is 0 Å². The normalized spacial score (nSPS) is 16.7. The van der Waals surface area contributed by atoms with Gasteiger partial charge in [-0.25, -0.2) is 0 Å². The predicted octanol–water partition coefficient (Wildman–Crippen LogP) is 4.52.